The van der Waals surface area contributed by atoms with Gasteiger partial charge < -0.3 is 10.4 Å². The molecule has 1 aromatic rings. The largest absolute Gasteiger partial charge is 0.478 e. The van der Waals surface area contributed by atoms with Crippen LogP contribution in [0.4, 0.5) is 0 Å². The first-order valence-corrected chi connectivity index (χ1v) is 6.47. The summed E-state index contributed by atoms with van der Waals surface area (Å²) < 4.78 is 0. The van der Waals surface area contributed by atoms with Crippen molar-refractivity contribution < 1.29 is 14.7 Å². The summed E-state index contributed by atoms with van der Waals surface area (Å²) in [5, 5.41) is 17.1. The van der Waals surface area contributed by atoms with Crippen LogP contribution in [0.5, 0.6) is 0 Å². The molecule has 0 heterocycles. The summed E-state index contributed by atoms with van der Waals surface area (Å²) in [5.74, 6) is -0.920. The number of hydrogen-bond acceptors (Lipinski definition) is 4. The molecule has 0 bridgehead atoms. The number of nitrogens with two attached hydrogens (primary N) is 1. The second-order valence-corrected chi connectivity index (χ2v) is 4.68. The lowest BCUT2D eigenvalue weighted by molar-refractivity contribution is 0.0690. The second kappa shape index (κ2) is 6.42. The molecule has 98 valence electrons. The van der Waals surface area contributed by atoms with Crippen molar-refractivity contribution in [2.24, 2.45) is 5.14 Å². The highest BCUT2D eigenvalue weighted by molar-refractivity contribution is 7.97. The van der Waals surface area contributed by atoms with Crippen molar-refractivity contribution >= 4 is 23.8 Å². The van der Waals surface area contributed by atoms with Gasteiger partial charge in [-0.3, -0.25) is 9.93 Å². The minimum absolute atomic E-state index is 0.0140. The number of carboxylic acids is 1. The molecule has 1 amide bonds. The van der Waals surface area contributed by atoms with E-state index >= 15 is 0 Å². The Morgan fingerprint density at radius 3 is 2.72 bits per heavy atom. The average Bonchev–Trinajstić information content (AvgIpc) is 2.28. The van der Waals surface area contributed by atoms with Crippen molar-refractivity contribution in [1.29, 1.82) is 0 Å². The molecule has 0 aliphatic carbocycles. The third kappa shape index (κ3) is 3.48. The van der Waals surface area contributed by atoms with Gasteiger partial charge in [0.2, 0.25) is 0 Å². The quantitative estimate of drug-likeness (QED) is 0.702. The van der Waals surface area contributed by atoms with Gasteiger partial charge in [-0.05, 0) is 25.5 Å². The van der Waals surface area contributed by atoms with Crippen LogP contribution in [-0.4, -0.2) is 28.8 Å². The Morgan fingerprint density at radius 1 is 1.50 bits per heavy atom. The Kier molecular flexibility index (Phi) is 5.18. The van der Waals surface area contributed by atoms with Crippen molar-refractivity contribution in [3.63, 3.8) is 0 Å². The number of carbonyl (C=O) groups excluding carboxylic acids is 1. The molecule has 4 N–H and O–H groups in total. The van der Waals surface area contributed by atoms with Crippen molar-refractivity contribution in [3.05, 3.63) is 34.9 Å². The van der Waals surface area contributed by atoms with Gasteiger partial charge in [0.05, 0.1) is 11.1 Å². The SMILES string of the molecule is Cc1cccc(C(=O)O)c1C(=O)NC(C)CSN. The molecular weight excluding hydrogens is 252 g/mol. The van der Waals surface area contributed by atoms with Crippen molar-refractivity contribution in [2.45, 2.75) is 19.9 Å². The maximum absolute atomic E-state index is 12.1. The summed E-state index contributed by atoms with van der Waals surface area (Å²) in [6.07, 6.45) is 0. The molecule has 1 aromatic carbocycles. The third-order valence-corrected chi connectivity index (χ3v) is 3.15. The van der Waals surface area contributed by atoms with E-state index in [1.165, 1.54) is 6.07 Å². The topological polar surface area (TPSA) is 92.4 Å². The summed E-state index contributed by atoms with van der Waals surface area (Å²) in [6, 6.07) is 4.64. The molecule has 0 radical (unpaired) electrons. The van der Waals surface area contributed by atoms with Gasteiger partial charge in [0.15, 0.2) is 0 Å². The number of amides is 1. The van der Waals surface area contributed by atoms with E-state index in [4.69, 9.17) is 10.2 Å². The number of aromatic carboxylic acids is 1. The summed E-state index contributed by atoms with van der Waals surface area (Å²) in [6.45, 7) is 3.53. The molecule has 0 aromatic heterocycles. The number of carboxylic acid groups (broad SMARTS) is 1. The molecule has 18 heavy (non-hydrogen) atoms. The van der Waals surface area contributed by atoms with Crippen LogP contribution in [0.2, 0.25) is 0 Å². The van der Waals surface area contributed by atoms with Crippen LogP contribution in [0.15, 0.2) is 18.2 Å². The molecule has 5 nitrogen and oxygen atoms in total. The van der Waals surface area contributed by atoms with Crippen LogP contribution < -0.4 is 10.5 Å². The van der Waals surface area contributed by atoms with Gasteiger partial charge in [-0.1, -0.05) is 24.1 Å². The van der Waals surface area contributed by atoms with Gasteiger partial charge in [0.25, 0.3) is 5.91 Å². The van der Waals surface area contributed by atoms with E-state index in [9.17, 15) is 9.59 Å². The minimum Gasteiger partial charge on any atom is -0.478 e. The highest BCUT2D eigenvalue weighted by atomic mass is 32.2. The number of benzene rings is 1. The lowest BCUT2D eigenvalue weighted by Gasteiger charge is -2.15. The molecule has 0 fully saturated rings. The average molecular weight is 268 g/mol. The van der Waals surface area contributed by atoms with Gasteiger partial charge in [0.1, 0.15) is 0 Å². The zero-order chi connectivity index (χ0) is 13.7. The molecule has 6 heteroatoms. The Morgan fingerprint density at radius 2 is 2.17 bits per heavy atom. The number of hydrogen-bond donors (Lipinski definition) is 3. The van der Waals surface area contributed by atoms with E-state index in [2.05, 4.69) is 5.32 Å². The predicted octanol–water partition coefficient (Wildman–Crippen LogP) is 1.42. The van der Waals surface area contributed by atoms with Crippen LogP contribution in [0, 0.1) is 6.92 Å². The number of rotatable bonds is 5. The van der Waals surface area contributed by atoms with E-state index in [1.807, 2.05) is 6.92 Å². The van der Waals surface area contributed by atoms with Crippen LogP contribution in [0.25, 0.3) is 0 Å². The standard InChI is InChI=1S/C12H16N2O3S/c1-7-4-3-5-9(12(16)17)10(7)11(15)14-8(2)6-18-13/h3-5,8H,6,13H2,1-2H3,(H,14,15)(H,16,17). The normalized spacial score (nSPS) is 11.9. The lowest BCUT2D eigenvalue weighted by Crippen LogP contribution is -2.35. The molecule has 1 atom stereocenters. The first-order chi connectivity index (χ1) is 8.47. The molecule has 0 saturated carbocycles. The second-order valence-electron chi connectivity index (χ2n) is 4.01. The Labute approximate surface area is 110 Å². The number of nitrogens with one attached hydrogen (secondary N) is 1. The zero-order valence-corrected chi connectivity index (χ0v) is 11.1. The summed E-state index contributed by atoms with van der Waals surface area (Å²) in [5.41, 5.74) is 0.860. The summed E-state index contributed by atoms with van der Waals surface area (Å²) in [7, 11) is 0. The number of aryl methyl sites for hydroxylation is 1. The van der Waals surface area contributed by atoms with Gasteiger partial charge in [-0.15, -0.1) is 0 Å². The molecular formula is C12H16N2O3S. The predicted molar refractivity (Wildman–Crippen MR) is 71.7 cm³/mol. The van der Waals surface area contributed by atoms with Crippen LogP contribution in [0.3, 0.4) is 0 Å². The molecule has 0 aliphatic heterocycles. The molecule has 0 saturated heterocycles. The van der Waals surface area contributed by atoms with Crippen molar-refractivity contribution in [3.8, 4) is 0 Å². The van der Waals surface area contributed by atoms with Crippen LogP contribution in [-0.2, 0) is 0 Å². The van der Waals surface area contributed by atoms with E-state index in [1.54, 1.807) is 19.1 Å². The maximum Gasteiger partial charge on any atom is 0.336 e. The fraction of sp³-hybridized carbons (Fsp3) is 0.333. The van der Waals surface area contributed by atoms with Gasteiger partial charge >= 0.3 is 5.97 Å². The Hall–Kier alpha value is -1.53. The Bertz CT molecular complexity index is 463. The summed E-state index contributed by atoms with van der Waals surface area (Å²) >= 11 is 1.13. The molecule has 1 unspecified atom stereocenters. The van der Waals surface area contributed by atoms with Crippen LogP contribution in [0.1, 0.15) is 33.2 Å². The van der Waals surface area contributed by atoms with Crippen LogP contribution >= 0.6 is 11.9 Å². The van der Waals surface area contributed by atoms with Crippen molar-refractivity contribution in [1.82, 2.24) is 5.32 Å². The summed E-state index contributed by atoms with van der Waals surface area (Å²) in [4.78, 5) is 23.1. The minimum atomic E-state index is -1.11. The van der Waals surface area contributed by atoms with Crippen molar-refractivity contribution in [2.75, 3.05) is 5.75 Å². The zero-order valence-electron chi connectivity index (χ0n) is 10.3. The highest BCUT2D eigenvalue weighted by Crippen LogP contribution is 2.14. The molecule has 1 rings (SSSR count). The maximum atomic E-state index is 12.1. The van der Waals surface area contributed by atoms with E-state index in [0.717, 1.165) is 11.9 Å². The van der Waals surface area contributed by atoms with Gasteiger partial charge in [-0.2, -0.15) is 0 Å². The smallest absolute Gasteiger partial charge is 0.336 e. The fourth-order valence-electron chi connectivity index (χ4n) is 1.63. The van der Waals surface area contributed by atoms with Gasteiger partial charge in [-0.25, -0.2) is 4.79 Å². The monoisotopic (exact) mass is 268 g/mol. The molecule has 0 spiro atoms. The van der Waals surface area contributed by atoms with E-state index < -0.39 is 5.97 Å². The van der Waals surface area contributed by atoms with E-state index in [-0.39, 0.29) is 23.1 Å². The lowest BCUT2D eigenvalue weighted by atomic mass is 10.0. The highest BCUT2D eigenvalue weighted by Gasteiger charge is 2.19. The molecule has 0 aliphatic rings. The third-order valence-electron chi connectivity index (χ3n) is 2.45. The van der Waals surface area contributed by atoms with E-state index in [0.29, 0.717) is 11.3 Å². The number of carbonyl (C=O) groups is 2. The fourth-order valence-corrected chi connectivity index (χ4v) is 2.00. The Balaban J connectivity index is 3.01. The van der Waals surface area contributed by atoms with Gasteiger partial charge in [0, 0.05) is 11.8 Å². The first-order valence-electron chi connectivity index (χ1n) is 5.42. The first kappa shape index (κ1) is 14.5.